The van der Waals surface area contributed by atoms with Crippen molar-refractivity contribution >= 4 is 17.5 Å². The summed E-state index contributed by atoms with van der Waals surface area (Å²) in [4.78, 5) is 27.2. The molecule has 0 saturated carbocycles. The molecule has 2 aromatic rings. The van der Waals surface area contributed by atoms with Gasteiger partial charge in [0.2, 0.25) is 5.91 Å². The van der Waals surface area contributed by atoms with Crippen LogP contribution in [0.1, 0.15) is 29.8 Å². The maximum absolute atomic E-state index is 13.0. The first-order valence-electron chi connectivity index (χ1n) is 8.88. The second-order valence-electron chi connectivity index (χ2n) is 7.09. The fourth-order valence-electron chi connectivity index (χ4n) is 2.69. The van der Waals surface area contributed by atoms with Gasteiger partial charge < -0.3 is 15.5 Å². The smallest absolute Gasteiger partial charge is 0.251 e. The van der Waals surface area contributed by atoms with E-state index >= 15 is 0 Å². The Hall–Kier alpha value is -2.73. The number of carbonyl (C=O) groups excluding carboxylic acids is 2. The first-order chi connectivity index (χ1) is 12.8. The molecule has 0 fully saturated rings. The zero-order chi connectivity index (χ0) is 20.0. The monoisotopic (exact) mass is 371 g/mol. The summed E-state index contributed by atoms with van der Waals surface area (Å²) < 4.78 is 13.0. The summed E-state index contributed by atoms with van der Waals surface area (Å²) in [5.74, 6) is -1.23. The van der Waals surface area contributed by atoms with Crippen LogP contribution >= 0.6 is 0 Å². The number of halogens is 1. The molecule has 2 amide bonds. The molecule has 0 aliphatic rings. The van der Waals surface area contributed by atoms with Crippen molar-refractivity contribution in [1.29, 1.82) is 0 Å². The van der Waals surface area contributed by atoms with Gasteiger partial charge in [-0.25, -0.2) is 4.39 Å². The lowest BCUT2D eigenvalue weighted by Crippen LogP contribution is -2.47. The van der Waals surface area contributed by atoms with E-state index in [1.165, 1.54) is 24.3 Å². The number of hydrogen-bond donors (Lipinski definition) is 2. The number of para-hydroxylation sites is 1. The van der Waals surface area contributed by atoms with Gasteiger partial charge in [0.25, 0.3) is 5.91 Å². The average molecular weight is 371 g/mol. The third kappa shape index (κ3) is 5.89. The topological polar surface area (TPSA) is 61.4 Å². The van der Waals surface area contributed by atoms with Crippen molar-refractivity contribution in [3.05, 3.63) is 65.5 Å². The lowest BCUT2D eigenvalue weighted by Gasteiger charge is -2.23. The number of rotatable bonds is 7. The lowest BCUT2D eigenvalue weighted by atomic mass is 10.0. The largest absolute Gasteiger partial charge is 0.340 e. The number of amides is 2. The number of carbonyl (C=O) groups is 2. The van der Waals surface area contributed by atoms with Crippen LogP contribution in [-0.4, -0.2) is 36.9 Å². The van der Waals surface area contributed by atoms with Crippen LogP contribution in [0.4, 0.5) is 10.1 Å². The summed E-state index contributed by atoms with van der Waals surface area (Å²) in [6.07, 6.45) is 0. The third-order valence-corrected chi connectivity index (χ3v) is 4.10. The van der Waals surface area contributed by atoms with Gasteiger partial charge in [-0.3, -0.25) is 9.59 Å². The molecule has 2 aromatic carbocycles. The van der Waals surface area contributed by atoms with E-state index in [0.29, 0.717) is 12.1 Å². The minimum absolute atomic E-state index is 0.115. The van der Waals surface area contributed by atoms with Crippen molar-refractivity contribution in [1.82, 2.24) is 10.2 Å². The molecular weight excluding hydrogens is 345 g/mol. The van der Waals surface area contributed by atoms with Crippen molar-refractivity contribution < 1.29 is 14.0 Å². The van der Waals surface area contributed by atoms with Gasteiger partial charge >= 0.3 is 0 Å². The van der Waals surface area contributed by atoms with E-state index in [2.05, 4.69) is 10.6 Å². The first kappa shape index (κ1) is 20.6. The molecule has 27 heavy (non-hydrogen) atoms. The molecule has 0 aromatic heterocycles. The minimum Gasteiger partial charge on any atom is -0.340 e. The van der Waals surface area contributed by atoms with Gasteiger partial charge in [-0.05, 0) is 55.9 Å². The van der Waals surface area contributed by atoms with E-state index < -0.39 is 17.8 Å². The Morgan fingerprint density at radius 1 is 1.04 bits per heavy atom. The van der Waals surface area contributed by atoms with E-state index in [4.69, 9.17) is 0 Å². The second-order valence-corrected chi connectivity index (χ2v) is 7.09. The van der Waals surface area contributed by atoms with Gasteiger partial charge in [-0.2, -0.15) is 0 Å². The predicted molar refractivity (Wildman–Crippen MR) is 105 cm³/mol. The SMILES string of the molecule is CC(C)[C@@H](NC(=O)c1ccc(F)cc1)C(=O)Nc1ccccc1CN(C)C. The quantitative estimate of drug-likeness (QED) is 0.785. The highest BCUT2D eigenvalue weighted by atomic mass is 19.1. The van der Waals surface area contributed by atoms with E-state index in [1.807, 2.05) is 57.1 Å². The summed E-state index contributed by atoms with van der Waals surface area (Å²) in [6, 6.07) is 12.1. The highest BCUT2D eigenvalue weighted by Crippen LogP contribution is 2.18. The maximum atomic E-state index is 13.0. The van der Waals surface area contributed by atoms with E-state index in [1.54, 1.807) is 0 Å². The van der Waals surface area contributed by atoms with Gasteiger partial charge in [0.15, 0.2) is 0 Å². The third-order valence-electron chi connectivity index (χ3n) is 4.10. The van der Waals surface area contributed by atoms with Crippen LogP contribution < -0.4 is 10.6 Å². The molecule has 0 aliphatic heterocycles. The van der Waals surface area contributed by atoms with Crippen molar-refractivity contribution in [2.75, 3.05) is 19.4 Å². The summed E-state index contributed by atoms with van der Waals surface area (Å²) in [5, 5.41) is 5.67. The summed E-state index contributed by atoms with van der Waals surface area (Å²) in [7, 11) is 3.91. The standard InChI is InChI=1S/C21H26FN3O2/c1-14(2)19(24-20(26)15-9-11-17(22)12-10-15)21(27)23-18-8-6-5-7-16(18)13-25(3)4/h5-12,14,19H,13H2,1-4H3,(H,23,27)(H,24,26)/t19-/m1/s1. The number of anilines is 1. The van der Waals surface area contributed by atoms with E-state index in [0.717, 1.165) is 11.3 Å². The fourth-order valence-corrected chi connectivity index (χ4v) is 2.69. The molecule has 0 aliphatic carbocycles. The normalized spacial score (nSPS) is 12.1. The molecule has 0 bridgehead atoms. The summed E-state index contributed by atoms with van der Waals surface area (Å²) in [6.45, 7) is 4.41. The molecule has 0 spiro atoms. The van der Waals surface area contributed by atoms with Crippen molar-refractivity contribution in [3.8, 4) is 0 Å². The highest BCUT2D eigenvalue weighted by molar-refractivity contribution is 6.01. The van der Waals surface area contributed by atoms with Gasteiger partial charge in [0.1, 0.15) is 11.9 Å². The molecule has 144 valence electrons. The van der Waals surface area contributed by atoms with Crippen molar-refractivity contribution in [3.63, 3.8) is 0 Å². The predicted octanol–water partition coefficient (Wildman–Crippen LogP) is 3.28. The summed E-state index contributed by atoms with van der Waals surface area (Å²) in [5.41, 5.74) is 2.02. The Kier molecular flexibility index (Phi) is 7.07. The van der Waals surface area contributed by atoms with E-state index in [9.17, 15) is 14.0 Å². The van der Waals surface area contributed by atoms with Crippen LogP contribution in [0.15, 0.2) is 48.5 Å². The van der Waals surface area contributed by atoms with Crippen LogP contribution in [0.2, 0.25) is 0 Å². The van der Waals surface area contributed by atoms with Crippen LogP contribution in [0.5, 0.6) is 0 Å². The zero-order valence-electron chi connectivity index (χ0n) is 16.1. The zero-order valence-corrected chi connectivity index (χ0v) is 16.1. The maximum Gasteiger partial charge on any atom is 0.251 e. The van der Waals surface area contributed by atoms with Gasteiger partial charge in [-0.1, -0.05) is 32.0 Å². The fraction of sp³-hybridized carbons (Fsp3) is 0.333. The Labute approximate surface area is 159 Å². The molecule has 0 radical (unpaired) electrons. The Morgan fingerprint density at radius 2 is 1.67 bits per heavy atom. The number of nitrogens with one attached hydrogen (secondary N) is 2. The average Bonchev–Trinajstić information content (AvgIpc) is 2.61. The van der Waals surface area contributed by atoms with Crippen LogP contribution in [-0.2, 0) is 11.3 Å². The van der Waals surface area contributed by atoms with E-state index in [-0.39, 0.29) is 11.8 Å². The number of nitrogens with zero attached hydrogens (tertiary/aromatic N) is 1. The van der Waals surface area contributed by atoms with Crippen molar-refractivity contribution in [2.24, 2.45) is 5.92 Å². The van der Waals surface area contributed by atoms with Gasteiger partial charge in [0, 0.05) is 17.8 Å². The molecule has 5 nitrogen and oxygen atoms in total. The molecule has 1 atom stereocenters. The van der Waals surface area contributed by atoms with Crippen LogP contribution in [0.3, 0.4) is 0 Å². The number of hydrogen-bond acceptors (Lipinski definition) is 3. The van der Waals surface area contributed by atoms with Crippen LogP contribution in [0.25, 0.3) is 0 Å². The lowest BCUT2D eigenvalue weighted by molar-refractivity contribution is -0.118. The Balaban J connectivity index is 2.13. The molecule has 6 heteroatoms. The Bertz CT molecular complexity index is 788. The molecule has 0 heterocycles. The minimum atomic E-state index is -0.713. The van der Waals surface area contributed by atoms with Gasteiger partial charge in [-0.15, -0.1) is 0 Å². The number of benzene rings is 2. The molecule has 2 rings (SSSR count). The molecule has 2 N–H and O–H groups in total. The second kappa shape index (κ2) is 9.28. The van der Waals surface area contributed by atoms with Crippen LogP contribution in [0, 0.1) is 11.7 Å². The van der Waals surface area contributed by atoms with Gasteiger partial charge in [0.05, 0.1) is 0 Å². The summed E-state index contributed by atoms with van der Waals surface area (Å²) >= 11 is 0. The Morgan fingerprint density at radius 3 is 2.26 bits per heavy atom. The highest BCUT2D eigenvalue weighted by Gasteiger charge is 2.25. The first-order valence-corrected chi connectivity index (χ1v) is 8.88. The molecular formula is C21H26FN3O2. The molecule has 0 saturated heterocycles. The molecule has 0 unspecified atom stereocenters. The van der Waals surface area contributed by atoms with Crippen molar-refractivity contribution in [2.45, 2.75) is 26.4 Å².